The lowest BCUT2D eigenvalue weighted by molar-refractivity contribution is -0.140. The molecule has 3 rings (SSSR count). The Balaban J connectivity index is 2.05. The molecule has 1 N–H and O–H groups in total. The molecule has 1 atom stereocenters. The van der Waals surface area contributed by atoms with Crippen LogP contribution in [0, 0.1) is 5.92 Å². The van der Waals surface area contributed by atoms with Crippen molar-refractivity contribution in [2.24, 2.45) is 5.92 Å². The zero-order valence-corrected chi connectivity index (χ0v) is 24.0. The van der Waals surface area contributed by atoms with Gasteiger partial charge in [0.1, 0.15) is 12.6 Å². The lowest BCUT2D eigenvalue weighted by Crippen LogP contribution is -2.52. The molecule has 0 aliphatic heterocycles. The fourth-order valence-corrected chi connectivity index (χ4v) is 5.88. The summed E-state index contributed by atoms with van der Waals surface area (Å²) in [6.45, 7) is 8.05. The summed E-state index contributed by atoms with van der Waals surface area (Å²) in [4.78, 5) is 28.9. The van der Waals surface area contributed by atoms with Crippen LogP contribution in [-0.2, 0) is 32.6 Å². The molecule has 0 saturated heterocycles. The molecule has 0 spiro atoms. The molecular formula is C31H39N3O4S. The molecule has 0 unspecified atom stereocenters. The molecule has 3 aromatic rings. The van der Waals surface area contributed by atoms with Crippen molar-refractivity contribution in [3.05, 3.63) is 96.1 Å². The van der Waals surface area contributed by atoms with E-state index in [1.807, 2.05) is 70.2 Å². The van der Waals surface area contributed by atoms with E-state index in [2.05, 4.69) is 5.32 Å². The zero-order chi connectivity index (χ0) is 28.4. The van der Waals surface area contributed by atoms with E-state index in [1.54, 1.807) is 30.3 Å². The number of nitrogens with one attached hydrogen (secondary N) is 1. The second kappa shape index (κ2) is 13.9. The van der Waals surface area contributed by atoms with Crippen LogP contribution in [0.2, 0.25) is 0 Å². The molecule has 7 nitrogen and oxygen atoms in total. The molecule has 3 aromatic carbocycles. The van der Waals surface area contributed by atoms with Gasteiger partial charge in [-0.25, -0.2) is 8.42 Å². The number of carbonyl (C=O) groups excluding carboxylic acids is 2. The third-order valence-corrected chi connectivity index (χ3v) is 8.29. The highest BCUT2D eigenvalue weighted by Crippen LogP contribution is 2.28. The predicted molar refractivity (Wildman–Crippen MR) is 156 cm³/mol. The van der Waals surface area contributed by atoms with Gasteiger partial charge in [-0.15, -0.1) is 0 Å². The molecule has 208 valence electrons. The minimum Gasteiger partial charge on any atom is -0.354 e. The van der Waals surface area contributed by atoms with Gasteiger partial charge in [-0.1, -0.05) is 94.4 Å². The number of hydrogen-bond acceptors (Lipinski definition) is 4. The Hall–Kier alpha value is -3.65. The van der Waals surface area contributed by atoms with E-state index in [-0.39, 0.29) is 23.3 Å². The van der Waals surface area contributed by atoms with Crippen molar-refractivity contribution in [2.45, 2.75) is 58.0 Å². The Morgan fingerprint density at radius 2 is 1.44 bits per heavy atom. The van der Waals surface area contributed by atoms with Crippen molar-refractivity contribution in [1.82, 2.24) is 10.2 Å². The van der Waals surface area contributed by atoms with Gasteiger partial charge in [-0.3, -0.25) is 13.9 Å². The van der Waals surface area contributed by atoms with Crippen LogP contribution in [0.25, 0.3) is 0 Å². The molecule has 39 heavy (non-hydrogen) atoms. The monoisotopic (exact) mass is 549 g/mol. The van der Waals surface area contributed by atoms with Gasteiger partial charge in [-0.2, -0.15) is 0 Å². The van der Waals surface area contributed by atoms with E-state index in [0.29, 0.717) is 25.1 Å². The van der Waals surface area contributed by atoms with E-state index in [0.717, 1.165) is 11.1 Å². The van der Waals surface area contributed by atoms with Crippen LogP contribution in [0.4, 0.5) is 5.69 Å². The Bertz CT molecular complexity index is 1330. The van der Waals surface area contributed by atoms with Gasteiger partial charge < -0.3 is 10.2 Å². The van der Waals surface area contributed by atoms with E-state index < -0.39 is 28.5 Å². The average Bonchev–Trinajstić information content (AvgIpc) is 2.95. The molecule has 0 aliphatic carbocycles. The molecule has 0 heterocycles. The molecule has 0 radical (unpaired) electrons. The Labute approximate surface area is 232 Å². The first-order valence-electron chi connectivity index (χ1n) is 13.5. The van der Waals surface area contributed by atoms with Crippen LogP contribution in [0.3, 0.4) is 0 Å². The Morgan fingerprint density at radius 1 is 0.846 bits per heavy atom. The second-order valence-corrected chi connectivity index (χ2v) is 11.7. The third kappa shape index (κ3) is 7.69. The molecule has 0 bridgehead atoms. The second-order valence-electron chi connectivity index (χ2n) is 9.88. The van der Waals surface area contributed by atoms with E-state index in [9.17, 15) is 18.0 Å². The van der Waals surface area contributed by atoms with Crippen molar-refractivity contribution in [3.63, 3.8) is 0 Å². The maximum Gasteiger partial charge on any atom is 0.264 e. The number of benzene rings is 3. The van der Waals surface area contributed by atoms with Gasteiger partial charge >= 0.3 is 0 Å². The van der Waals surface area contributed by atoms with Crippen LogP contribution in [0.15, 0.2) is 89.8 Å². The Morgan fingerprint density at radius 3 is 2.03 bits per heavy atom. The number of para-hydroxylation sites is 1. The smallest absolute Gasteiger partial charge is 0.264 e. The minimum absolute atomic E-state index is 0.0973. The first-order chi connectivity index (χ1) is 18.7. The summed E-state index contributed by atoms with van der Waals surface area (Å²) in [5.74, 6) is -0.445. The van der Waals surface area contributed by atoms with Gasteiger partial charge in [0, 0.05) is 13.1 Å². The average molecular weight is 550 g/mol. The largest absolute Gasteiger partial charge is 0.354 e. The van der Waals surface area contributed by atoms with Crippen LogP contribution in [0.1, 0.15) is 45.2 Å². The summed E-state index contributed by atoms with van der Waals surface area (Å²) in [6, 6.07) is 24.0. The van der Waals surface area contributed by atoms with Crippen LogP contribution >= 0.6 is 0 Å². The summed E-state index contributed by atoms with van der Waals surface area (Å²) in [7, 11) is -4.08. The first kappa shape index (κ1) is 29.9. The fraction of sp³-hybridized carbons (Fsp3) is 0.355. The van der Waals surface area contributed by atoms with Crippen molar-refractivity contribution >= 4 is 27.5 Å². The lowest BCUT2D eigenvalue weighted by atomic mass is 10.1. The number of carbonyl (C=O) groups is 2. The van der Waals surface area contributed by atoms with Crippen molar-refractivity contribution in [2.75, 3.05) is 17.4 Å². The number of amides is 2. The SMILES string of the molecule is CCc1ccccc1N(CC(=O)N(Cc1ccccc1)[C@@H](CC)C(=O)NCC(C)C)S(=O)(=O)c1ccccc1. The van der Waals surface area contributed by atoms with E-state index in [4.69, 9.17) is 0 Å². The van der Waals surface area contributed by atoms with E-state index >= 15 is 0 Å². The standard InChI is InChI=1S/C31H39N3O4S/c1-5-26-17-13-14-20-29(26)34(39(37,38)27-18-11-8-12-19-27)23-30(35)33(22-25-15-9-7-10-16-25)28(6-2)31(36)32-21-24(3)4/h7-20,24,28H,5-6,21-23H2,1-4H3,(H,32,36)/t28-/m0/s1. The molecular weight excluding hydrogens is 510 g/mol. The lowest BCUT2D eigenvalue weighted by Gasteiger charge is -2.33. The quantitative estimate of drug-likeness (QED) is 0.324. The van der Waals surface area contributed by atoms with Gasteiger partial charge in [-0.05, 0) is 48.1 Å². The maximum absolute atomic E-state index is 14.1. The highest BCUT2D eigenvalue weighted by molar-refractivity contribution is 7.92. The van der Waals surface area contributed by atoms with E-state index in [1.165, 1.54) is 21.3 Å². The van der Waals surface area contributed by atoms with Crippen LogP contribution < -0.4 is 9.62 Å². The molecule has 2 amide bonds. The summed E-state index contributed by atoms with van der Waals surface area (Å²) in [5, 5.41) is 2.95. The predicted octanol–water partition coefficient (Wildman–Crippen LogP) is 5.02. The van der Waals surface area contributed by atoms with Crippen molar-refractivity contribution < 1.29 is 18.0 Å². The summed E-state index contributed by atoms with van der Waals surface area (Å²) in [6.07, 6.45) is 0.980. The highest BCUT2D eigenvalue weighted by atomic mass is 32.2. The summed E-state index contributed by atoms with van der Waals surface area (Å²) < 4.78 is 29.1. The topological polar surface area (TPSA) is 86.8 Å². The fourth-order valence-electron chi connectivity index (χ4n) is 4.41. The maximum atomic E-state index is 14.1. The van der Waals surface area contributed by atoms with Gasteiger partial charge in [0.15, 0.2) is 0 Å². The third-order valence-electron chi connectivity index (χ3n) is 6.52. The first-order valence-corrected chi connectivity index (χ1v) is 14.9. The molecule has 0 fully saturated rings. The van der Waals surface area contributed by atoms with Gasteiger partial charge in [0.05, 0.1) is 10.6 Å². The van der Waals surface area contributed by atoms with Crippen molar-refractivity contribution in [3.8, 4) is 0 Å². The molecule has 0 aliphatic rings. The minimum atomic E-state index is -4.08. The molecule has 0 saturated carbocycles. The number of rotatable bonds is 13. The Kier molecular flexibility index (Phi) is 10.7. The van der Waals surface area contributed by atoms with Crippen LogP contribution in [0.5, 0.6) is 0 Å². The number of hydrogen-bond donors (Lipinski definition) is 1. The molecule has 0 aromatic heterocycles. The van der Waals surface area contributed by atoms with Gasteiger partial charge in [0.2, 0.25) is 11.8 Å². The van der Waals surface area contributed by atoms with Crippen LogP contribution in [-0.4, -0.2) is 44.3 Å². The van der Waals surface area contributed by atoms with Crippen molar-refractivity contribution in [1.29, 1.82) is 0 Å². The molecule has 8 heteroatoms. The number of nitrogens with zero attached hydrogens (tertiary/aromatic N) is 2. The summed E-state index contributed by atoms with van der Waals surface area (Å²) >= 11 is 0. The van der Waals surface area contributed by atoms with Gasteiger partial charge in [0.25, 0.3) is 10.0 Å². The normalized spacial score (nSPS) is 12.1. The number of anilines is 1. The summed E-state index contributed by atoms with van der Waals surface area (Å²) in [5.41, 5.74) is 2.11. The number of sulfonamides is 1. The number of aryl methyl sites for hydroxylation is 1. The highest BCUT2D eigenvalue weighted by Gasteiger charge is 2.34. The zero-order valence-electron chi connectivity index (χ0n) is 23.2.